The number of pyridine rings is 2. The maximum absolute atomic E-state index is 6.77. The molecule has 1 aliphatic carbocycles. The topological polar surface area (TPSA) is 25.3 Å². The zero-order valence-electron chi connectivity index (χ0n) is 32.0. The van der Waals surface area contributed by atoms with Crippen molar-refractivity contribution in [2.75, 3.05) is 0 Å². The van der Waals surface area contributed by atoms with Gasteiger partial charge in [0.05, 0.1) is 28.5 Å². The van der Waals surface area contributed by atoms with Crippen LogP contribution in [0.4, 0.5) is 0 Å². The second-order valence-corrected chi connectivity index (χ2v) is 17.2. The van der Waals surface area contributed by atoms with Crippen LogP contribution in [0.15, 0.2) is 145 Å². The Morgan fingerprint density at radius 1 is 0.649 bits per heavy atom. The summed E-state index contributed by atoms with van der Waals surface area (Å²) in [5, 5.41) is 7.45. The molecule has 3 aliphatic rings. The number of fused-ring (bicyclic) bond motifs is 19. The van der Waals surface area contributed by atoms with Crippen LogP contribution >= 0.6 is 0 Å². The number of para-hydroxylation sites is 2. The first-order valence-electron chi connectivity index (χ1n) is 21.1. The molecule has 4 nitrogen and oxygen atoms in total. The van der Waals surface area contributed by atoms with E-state index in [1.54, 1.807) is 0 Å². The lowest BCUT2D eigenvalue weighted by molar-refractivity contribution is -0.720. The van der Waals surface area contributed by atoms with Crippen molar-refractivity contribution in [3.63, 3.8) is 0 Å². The third kappa shape index (κ3) is 4.50. The number of hydrogen-bond donors (Lipinski definition) is 0. The number of nitrogens with zero attached hydrogens (tertiary/aromatic N) is 3. The average molecular weight is 738 g/mol. The molecule has 13 rings (SSSR count). The van der Waals surface area contributed by atoms with Crippen molar-refractivity contribution < 1.29 is 13.6 Å². The van der Waals surface area contributed by atoms with Crippen molar-refractivity contribution in [1.82, 2.24) is 4.40 Å². The molecule has 0 amide bonds. The fourth-order valence-electron chi connectivity index (χ4n) is 11.6. The van der Waals surface area contributed by atoms with Gasteiger partial charge in [-0.3, -0.25) is 0 Å². The van der Waals surface area contributed by atoms with Crippen molar-refractivity contribution in [1.29, 1.82) is 0 Å². The van der Waals surface area contributed by atoms with Crippen LogP contribution in [-0.2, 0) is 12.8 Å². The molecule has 10 aromatic rings. The van der Waals surface area contributed by atoms with Gasteiger partial charge in [0, 0.05) is 68.1 Å². The summed E-state index contributed by atoms with van der Waals surface area (Å²) in [6.45, 7) is 4.90. The molecule has 274 valence electrons. The van der Waals surface area contributed by atoms with Crippen LogP contribution < -0.4 is 9.13 Å². The van der Waals surface area contributed by atoms with Crippen molar-refractivity contribution >= 4 is 65.7 Å². The molecule has 7 heterocycles. The van der Waals surface area contributed by atoms with Crippen LogP contribution in [0.3, 0.4) is 0 Å². The van der Waals surface area contributed by atoms with Crippen LogP contribution in [0.25, 0.3) is 88.2 Å². The fourth-order valence-corrected chi connectivity index (χ4v) is 11.6. The van der Waals surface area contributed by atoms with E-state index in [2.05, 4.69) is 147 Å². The van der Waals surface area contributed by atoms with E-state index < -0.39 is 0 Å². The Morgan fingerprint density at radius 3 is 2.37 bits per heavy atom. The van der Waals surface area contributed by atoms with Crippen molar-refractivity contribution in [2.45, 2.75) is 63.3 Å². The Kier molecular flexibility index (Phi) is 6.65. The van der Waals surface area contributed by atoms with Gasteiger partial charge in [-0.15, -0.1) is 0 Å². The standard InChI is InChI=1S/C53H43N3O/c1-32-27-47-38(36-13-4-5-14-37(36)46-18-8-9-25-55(46)47)21-20-35-30-49-45(31-44(35)48-29-34(24-26-54(32)48)28-33-11-2-3-12-33)41-17-10-16-40-42-22-23-43-39-15-6-7-19-50(39)57-53(43)52(42)56(49)51(40)41/h4-10,13-19,22-26,29-31,33,38,47H,1-3,11-12,20-21,27-28H2/q+2. The third-order valence-corrected chi connectivity index (χ3v) is 14.2. The normalized spacial score (nSPS) is 18.4. The summed E-state index contributed by atoms with van der Waals surface area (Å²) in [6.07, 6.45) is 14.1. The lowest BCUT2D eigenvalue weighted by Gasteiger charge is -2.31. The molecule has 4 heteroatoms. The van der Waals surface area contributed by atoms with Gasteiger partial charge in [-0.2, -0.15) is 9.13 Å². The van der Waals surface area contributed by atoms with Crippen LogP contribution in [0.1, 0.15) is 67.2 Å². The SMILES string of the molecule is C=C1CC2C(CCc3cc4c(cc3-c3cc(CC5CCCC5)cc[n+]31)c1cccc3c5ccc6c7ccccc7oc6c5n4c13)c1ccccc1-c1cccc[n+]12. The van der Waals surface area contributed by atoms with E-state index in [9.17, 15) is 0 Å². The number of furan rings is 1. The highest BCUT2D eigenvalue weighted by atomic mass is 16.3. The molecule has 2 atom stereocenters. The number of aryl methyl sites for hydroxylation is 1. The number of hydrogen-bond acceptors (Lipinski definition) is 1. The molecule has 1 saturated carbocycles. The molecule has 0 saturated heterocycles. The van der Waals surface area contributed by atoms with Gasteiger partial charge in [0.2, 0.25) is 11.4 Å². The summed E-state index contributed by atoms with van der Waals surface area (Å²) in [5.41, 5.74) is 16.3. The highest BCUT2D eigenvalue weighted by Gasteiger charge is 2.42. The van der Waals surface area contributed by atoms with E-state index in [1.807, 2.05) is 0 Å². The van der Waals surface area contributed by atoms with Gasteiger partial charge in [-0.25, -0.2) is 0 Å². The smallest absolute Gasteiger partial charge is 0.218 e. The molecule has 5 aromatic heterocycles. The molecule has 0 bridgehead atoms. The summed E-state index contributed by atoms with van der Waals surface area (Å²) in [4.78, 5) is 0. The number of allylic oxidation sites excluding steroid dienone is 1. The van der Waals surface area contributed by atoms with Crippen LogP contribution in [-0.4, -0.2) is 4.40 Å². The van der Waals surface area contributed by atoms with Crippen LogP contribution in [0, 0.1) is 5.92 Å². The van der Waals surface area contributed by atoms with Gasteiger partial charge in [-0.1, -0.05) is 86.3 Å². The van der Waals surface area contributed by atoms with Gasteiger partial charge in [-0.05, 0) is 84.8 Å². The lowest BCUT2D eigenvalue weighted by Crippen LogP contribution is -2.49. The summed E-state index contributed by atoms with van der Waals surface area (Å²) in [7, 11) is 0. The minimum absolute atomic E-state index is 0.261. The predicted octanol–water partition coefficient (Wildman–Crippen LogP) is 12.5. The van der Waals surface area contributed by atoms with Crippen molar-refractivity contribution in [3.8, 4) is 22.5 Å². The van der Waals surface area contributed by atoms with Crippen molar-refractivity contribution in [3.05, 3.63) is 157 Å². The number of benzene rings is 5. The molecule has 0 radical (unpaired) electrons. The minimum atomic E-state index is 0.261. The molecule has 0 spiro atoms. The fraction of sp³-hybridized carbons (Fsp3) is 0.208. The van der Waals surface area contributed by atoms with Gasteiger partial charge >= 0.3 is 0 Å². The van der Waals surface area contributed by atoms with Gasteiger partial charge in [0.1, 0.15) is 5.58 Å². The van der Waals surface area contributed by atoms with Gasteiger partial charge < -0.3 is 8.82 Å². The first-order chi connectivity index (χ1) is 28.2. The summed E-state index contributed by atoms with van der Waals surface area (Å²) in [6, 6.07) is 46.0. The zero-order chi connectivity index (χ0) is 37.4. The number of rotatable bonds is 2. The first-order valence-corrected chi connectivity index (χ1v) is 21.1. The van der Waals surface area contributed by atoms with Crippen LogP contribution in [0.5, 0.6) is 0 Å². The Balaban J connectivity index is 1.09. The molecule has 0 N–H and O–H groups in total. The van der Waals surface area contributed by atoms with E-state index in [-0.39, 0.29) is 6.04 Å². The van der Waals surface area contributed by atoms with Gasteiger partial charge in [0.15, 0.2) is 29.7 Å². The summed E-state index contributed by atoms with van der Waals surface area (Å²) >= 11 is 0. The Hall–Kier alpha value is -6.26. The van der Waals surface area contributed by atoms with E-state index in [4.69, 9.17) is 11.0 Å². The van der Waals surface area contributed by atoms with E-state index in [0.717, 1.165) is 48.5 Å². The largest absolute Gasteiger partial charge is 0.454 e. The average Bonchev–Trinajstić information content (AvgIpc) is 4.05. The zero-order valence-corrected chi connectivity index (χ0v) is 32.0. The van der Waals surface area contributed by atoms with E-state index in [1.165, 1.54) is 114 Å². The van der Waals surface area contributed by atoms with Crippen molar-refractivity contribution in [2.24, 2.45) is 5.92 Å². The van der Waals surface area contributed by atoms with E-state index >= 15 is 0 Å². The molecule has 5 aromatic carbocycles. The van der Waals surface area contributed by atoms with E-state index in [0.29, 0.717) is 5.92 Å². The molecule has 1 fully saturated rings. The second kappa shape index (κ2) is 11.9. The molecule has 2 unspecified atom stereocenters. The molecular formula is C53H43N3O+2. The molecule has 2 aliphatic heterocycles. The van der Waals surface area contributed by atoms with Gasteiger partial charge in [0.25, 0.3) is 0 Å². The summed E-state index contributed by atoms with van der Waals surface area (Å²) in [5.74, 6) is 1.12. The molecular weight excluding hydrogens is 695 g/mol. The monoisotopic (exact) mass is 737 g/mol. The highest BCUT2D eigenvalue weighted by molar-refractivity contribution is 6.28. The quantitative estimate of drug-likeness (QED) is 0.162. The minimum Gasteiger partial charge on any atom is -0.454 e. The maximum Gasteiger partial charge on any atom is 0.218 e. The highest BCUT2D eigenvalue weighted by Crippen LogP contribution is 2.47. The predicted molar refractivity (Wildman–Crippen MR) is 232 cm³/mol. The number of aromatic nitrogens is 3. The molecule has 57 heavy (non-hydrogen) atoms. The Bertz CT molecular complexity index is 3300. The second-order valence-electron chi connectivity index (χ2n) is 17.2. The maximum atomic E-state index is 6.77. The Labute approximate surface area is 331 Å². The summed E-state index contributed by atoms with van der Waals surface area (Å²) < 4.78 is 14.3. The Morgan fingerprint density at radius 2 is 1.44 bits per heavy atom. The first kappa shape index (κ1) is 31.9. The van der Waals surface area contributed by atoms with Crippen LogP contribution in [0.2, 0.25) is 0 Å². The third-order valence-electron chi connectivity index (χ3n) is 14.2. The lowest BCUT2D eigenvalue weighted by atomic mass is 9.77.